The minimum Gasteiger partial charge on any atom is -0.497 e. The van der Waals surface area contributed by atoms with Crippen LogP contribution in [-0.4, -0.2) is 35.4 Å². The first-order chi connectivity index (χ1) is 13.3. The number of para-hydroxylation sites is 1. The lowest BCUT2D eigenvalue weighted by molar-refractivity contribution is 0.242. The van der Waals surface area contributed by atoms with E-state index in [9.17, 15) is 0 Å². The van der Waals surface area contributed by atoms with Gasteiger partial charge in [0.15, 0.2) is 0 Å². The summed E-state index contributed by atoms with van der Waals surface area (Å²) in [5.41, 5.74) is 3.53. The highest BCUT2D eigenvalue weighted by atomic mass is 16.5. The minimum atomic E-state index is 0.353. The number of benzene rings is 2. The highest BCUT2D eigenvalue weighted by molar-refractivity contribution is 5.43. The number of likely N-dealkylation sites (tertiary alicyclic amines) is 1. The summed E-state index contributed by atoms with van der Waals surface area (Å²) < 4.78 is 12.9. The normalized spacial score (nSPS) is 17.2. The van der Waals surface area contributed by atoms with Crippen LogP contribution in [0.2, 0.25) is 0 Å². The maximum Gasteiger partial charge on any atom is 0.127 e. The first-order valence-corrected chi connectivity index (χ1v) is 9.33. The lowest BCUT2D eigenvalue weighted by Gasteiger charge is -2.26. The Labute approximate surface area is 160 Å². The van der Waals surface area contributed by atoms with Crippen LogP contribution in [0.4, 0.5) is 0 Å². The third kappa shape index (κ3) is 3.69. The lowest BCUT2D eigenvalue weighted by atomic mass is 10.0. The molecule has 0 aliphatic carbocycles. The summed E-state index contributed by atoms with van der Waals surface area (Å²) in [7, 11) is 3.40. The Kier molecular flexibility index (Phi) is 5.12. The molecule has 0 N–H and O–H groups in total. The zero-order chi connectivity index (χ0) is 18.6. The van der Waals surface area contributed by atoms with Gasteiger partial charge in [-0.2, -0.15) is 5.10 Å². The summed E-state index contributed by atoms with van der Waals surface area (Å²) in [4.78, 5) is 2.51. The van der Waals surface area contributed by atoms with Crippen LogP contribution in [0.5, 0.6) is 11.5 Å². The van der Waals surface area contributed by atoms with Gasteiger partial charge in [-0.05, 0) is 37.6 Å². The van der Waals surface area contributed by atoms with Crippen LogP contribution in [0.15, 0.2) is 60.9 Å². The second-order valence-electron chi connectivity index (χ2n) is 6.87. The molecule has 4 rings (SSSR count). The Hall–Kier alpha value is -2.79. The number of nitrogens with zero attached hydrogens (tertiary/aromatic N) is 3. The van der Waals surface area contributed by atoms with Crippen molar-refractivity contribution in [2.24, 2.45) is 0 Å². The van der Waals surface area contributed by atoms with Crippen molar-refractivity contribution < 1.29 is 9.47 Å². The first-order valence-electron chi connectivity index (χ1n) is 9.33. The molecule has 140 valence electrons. The smallest absolute Gasteiger partial charge is 0.127 e. The molecule has 0 unspecified atom stereocenters. The van der Waals surface area contributed by atoms with Crippen molar-refractivity contribution >= 4 is 0 Å². The average molecular weight is 363 g/mol. The summed E-state index contributed by atoms with van der Waals surface area (Å²) in [6.07, 6.45) is 6.41. The molecule has 5 heteroatoms. The molecule has 3 aromatic rings. The molecule has 1 aliphatic heterocycles. The SMILES string of the molecule is COc1ccc([C@@H]2CCCN2Cc2cnn(-c3ccccc3)c2)c(OC)c1. The molecule has 0 saturated carbocycles. The van der Waals surface area contributed by atoms with Crippen LogP contribution < -0.4 is 9.47 Å². The highest BCUT2D eigenvalue weighted by Gasteiger charge is 2.28. The number of hydrogen-bond acceptors (Lipinski definition) is 4. The van der Waals surface area contributed by atoms with Crippen molar-refractivity contribution in [2.75, 3.05) is 20.8 Å². The van der Waals surface area contributed by atoms with E-state index in [1.165, 1.54) is 17.5 Å². The van der Waals surface area contributed by atoms with Crippen LogP contribution >= 0.6 is 0 Å². The van der Waals surface area contributed by atoms with Crippen molar-refractivity contribution in [2.45, 2.75) is 25.4 Å². The van der Waals surface area contributed by atoms with Gasteiger partial charge in [0.2, 0.25) is 0 Å². The van der Waals surface area contributed by atoms with Crippen molar-refractivity contribution in [3.05, 3.63) is 72.1 Å². The molecule has 5 nitrogen and oxygen atoms in total. The minimum absolute atomic E-state index is 0.353. The fourth-order valence-corrected chi connectivity index (χ4v) is 3.86. The second-order valence-corrected chi connectivity index (χ2v) is 6.87. The Morgan fingerprint density at radius 1 is 1.07 bits per heavy atom. The van der Waals surface area contributed by atoms with E-state index in [-0.39, 0.29) is 0 Å². The zero-order valence-electron chi connectivity index (χ0n) is 15.8. The van der Waals surface area contributed by atoms with Gasteiger partial charge in [-0.15, -0.1) is 0 Å². The molecule has 0 radical (unpaired) electrons. The van der Waals surface area contributed by atoms with Crippen molar-refractivity contribution in [1.82, 2.24) is 14.7 Å². The number of hydrogen-bond donors (Lipinski definition) is 0. The molecule has 0 amide bonds. The van der Waals surface area contributed by atoms with Gasteiger partial charge >= 0.3 is 0 Å². The van der Waals surface area contributed by atoms with E-state index in [1.807, 2.05) is 41.2 Å². The quantitative estimate of drug-likeness (QED) is 0.657. The van der Waals surface area contributed by atoms with E-state index in [0.29, 0.717) is 6.04 Å². The van der Waals surface area contributed by atoms with Gasteiger partial charge < -0.3 is 9.47 Å². The van der Waals surface area contributed by atoms with E-state index >= 15 is 0 Å². The van der Waals surface area contributed by atoms with E-state index in [4.69, 9.17) is 9.47 Å². The Morgan fingerprint density at radius 3 is 2.70 bits per heavy atom. The molecule has 1 saturated heterocycles. The topological polar surface area (TPSA) is 39.5 Å². The van der Waals surface area contributed by atoms with Crippen LogP contribution in [-0.2, 0) is 6.54 Å². The van der Waals surface area contributed by atoms with Crippen LogP contribution in [0.25, 0.3) is 5.69 Å². The molecule has 1 fully saturated rings. The maximum absolute atomic E-state index is 5.64. The fourth-order valence-electron chi connectivity index (χ4n) is 3.86. The van der Waals surface area contributed by atoms with Crippen molar-refractivity contribution in [3.63, 3.8) is 0 Å². The van der Waals surface area contributed by atoms with Crippen LogP contribution in [0, 0.1) is 0 Å². The number of ether oxygens (including phenoxy) is 2. The van der Waals surface area contributed by atoms with Crippen molar-refractivity contribution in [3.8, 4) is 17.2 Å². The van der Waals surface area contributed by atoms with Gasteiger partial charge in [-0.25, -0.2) is 4.68 Å². The van der Waals surface area contributed by atoms with E-state index < -0.39 is 0 Å². The third-order valence-electron chi connectivity index (χ3n) is 5.21. The second kappa shape index (κ2) is 7.84. The predicted octanol–water partition coefficient (Wildman–Crippen LogP) is 4.23. The van der Waals surface area contributed by atoms with E-state index in [2.05, 4.69) is 34.4 Å². The Morgan fingerprint density at radius 2 is 1.93 bits per heavy atom. The molecular weight excluding hydrogens is 338 g/mol. The van der Waals surface area contributed by atoms with Gasteiger partial charge in [-0.1, -0.05) is 24.3 Å². The Bertz CT molecular complexity index is 892. The van der Waals surface area contributed by atoms with Gasteiger partial charge in [0, 0.05) is 36.0 Å². The molecule has 0 spiro atoms. The lowest BCUT2D eigenvalue weighted by Crippen LogP contribution is -2.23. The average Bonchev–Trinajstić information content (AvgIpc) is 3.38. The molecular formula is C22H25N3O2. The summed E-state index contributed by atoms with van der Waals surface area (Å²) in [6, 6.07) is 16.7. The molecule has 2 heterocycles. The van der Waals surface area contributed by atoms with Gasteiger partial charge in [0.05, 0.1) is 26.1 Å². The summed E-state index contributed by atoms with van der Waals surface area (Å²) in [5.74, 6) is 1.72. The largest absolute Gasteiger partial charge is 0.497 e. The molecule has 1 aromatic heterocycles. The first kappa shape index (κ1) is 17.6. The number of aromatic nitrogens is 2. The standard InChI is InChI=1S/C22H25N3O2/c1-26-19-10-11-20(22(13-19)27-2)21-9-6-12-24(21)15-17-14-23-25(16-17)18-7-4-3-5-8-18/h3-5,7-8,10-11,13-14,16,21H,6,9,12,15H2,1-2H3/t21-/m0/s1. The molecule has 2 aromatic carbocycles. The summed E-state index contributed by atoms with van der Waals surface area (Å²) >= 11 is 0. The molecule has 0 bridgehead atoms. The van der Waals surface area contributed by atoms with Gasteiger partial charge in [0.25, 0.3) is 0 Å². The van der Waals surface area contributed by atoms with Crippen LogP contribution in [0.3, 0.4) is 0 Å². The summed E-state index contributed by atoms with van der Waals surface area (Å²) in [5, 5.41) is 4.53. The zero-order valence-corrected chi connectivity index (χ0v) is 15.8. The van der Waals surface area contributed by atoms with Gasteiger partial charge in [0.1, 0.15) is 11.5 Å². The molecule has 1 aliphatic rings. The third-order valence-corrected chi connectivity index (χ3v) is 5.21. The molecule has 1 atom stereocenters. The monoisotopic (exact) mass is 363 g/mol. The summed E-state index contributed by atoms with van der Waals surface area (Å²) in [6.45, 7) is 1.96. The maximum atomic E-state index is 5.64. The van der Waals surface area contributed by atoms with Crippen LogP contribution in [0.1, 0.15) is 30.0 Å². The van der Waals surface area contributed by atoms with Crippen molar-refractivity contribution in [1.29, 1.82) is 0 Å². The number of rotatable bonds is 6. The molecule has 27 heavy (non-hydrogen) atoms. The highest BCUT2D eigenvalue weighted by Crippen LogP contribution is 2.39. The van der Waals surface area contributed by atoms with E-state index in [1.54, 1.807) is 14.2 Å². The predicted molar refractivity (Wildman–Crippen MR) is 105 cm³/mol. The number of methoxy groups -OCH3 is 2. The Balaban J connectivity index is 1.54. The fraction of sp³-hybridized carbons (Fsp3) is 0.318. The van der Waals surface area contributed by atoms with Gasteiger partial charge in [-0.3, -0.25) is 4.90 Å². The van der Waals surface area contributed by atoms with E-state index in [0.717, 1.165) is 36.7 Å².